The van der Waals surface area contributed by atoms with Crippen molar-refractivity contribution < 1.29 is 4.39 Å². The van der Waals surface area contributed by atoms with Gasteiger partial charge in [-0.2, -0.15) is 0 Å². The predicted octanol–water partition coefficient (Wildman–Crippen LogP) is 2.09. The minimum Gasteiger partial charge on any atom is -0.337 e. The average molecular weight is 174 g/mol. The van der Waals surface area contributed by atoms with Gasteiger partial charge in [0, 0.05) is 11.4 Å². The third kappa shape index (κ3) is 2.22. The maximum atomic E-state index is 11.7. The second-order valence-electron chi connectivity index (χ2n) is 2.29. The molecule has 0 aliphatic heterocycles. The summed E-state index contributed by atoms with van der Waals surface area (Å²) in [6.07, 6.45) is 0. The van der Waals surface area contributed by atoms with Gasteiger partial charge in [0.15, 0.2) is 5.16 Å². The lowest BCUT2D eigenvalue weighted by molar-refractivity contribution is 0.532. The molecule has 0 amide bonds. The van der Waals surface area contributed by atoms with Crippen molar-refractivity contribution >= 4 is 11.8 Å². The van der Waals surface area contributed by atoms with E-state index in [1.807, 2.05) is 13.8 Å². The van der Waals surface area contributed by atoms with E-state index in [-0.39, 0.29) is 6.67 Å². The highest BCUT2D eigenvalue weighted by Crippen LogP contribution is 2.15. The molecule has 62 valence electrons. The zero-order valence-electron chi connectivity index (χ0n) is 6.65. The number of aromatic nitrogens is 2. The van der Waals surface area contributed by atoms with Gasteiger partial charge >= 0.3 is 0 Å². The summed E-state index contributed by atoms with van der Waals surface area (Å²) in [4.78, 5) is 7.25. The Labute approximate surface area is 69.6 Å². The molecule has 1 aromatic heterocycles. The molecule has 0 radical (unpaired) electrons. The van der Waals surface area contributed by atoms with Gasteiger partial charge in [-0.05, 0) is 13.8 Å². The van der Waals surface area contributed by atoms with Crippen LogP contribution in [0.25, 0.3) is 0 Å². The Morgan fingerprint density at radius 3 is 2.73 bits per heavy atom. The van der Waals surface area contributed by atoms with Crippen molar-refractivity contribution in [3.05, 3.63) is 11.4 Å². The Hall–Kier alpha value is -0.510. The first-order chi connectivity index (χ1) is 5.24. The molecule has 0 aliphatic rings. The molecule has 0 unspecified atom stereocenters. The second-order valence-corrected chi connectivity index (χ2v) is 3.37. The quantitative estimate of drug-likeness (QED) is 0.711. The Morgan fingerprint density at radius 2 is 2.27 bits per heavy atom. The molecule has 0 saturated carbocycles. The number of thioether (sulfide) groups is 1. The van der Waals surface area contributed by atoms with Crippen LogP contribution in [0, 0.1) is 13.8 Å². The molecule has 1 rings (SSSR count). The van der Waals surface area contributed by atoms with Crippen LogP contribution in [0.4, 0.5) is 4.39 Å². The van der Waals surface area contributed by atoms with Gasteiger partial charge in [-0.25, -0.2) is 4.98 Å². The van der Waals surface area contributed by atoms with Crippen LogP contribution in [0.3, 0.4) is 0 Å². The summed E-state index contributed by atoms with van der Waals surface area (Å²) in [7, 11) is 0. The summed E-state index contributed by atoms with van der Waals surface area (Å²) in [6, 6.07) is 0. The smallest absolute Gasteiger partial charge is 0.165 e. The van der Waals surface area contributed by atoms with Crippen molar-refractivity contribution in [1.82, 2.24) is 9.97 Å². The van der Waals surface area contributed by atoms with Gasteiger partial charge in [-0.1, -0.05) is 11.8 Å². The maximum absolute atomic E-state index is 11.7. The van der Waals surface area contributed by atoms with E-state index in [9.17, 15) is 4.39 Å². The number of H-pyrrole nitrogens is 1. The van der Waals surface area contributed by atoms with E-state index in [4.69, 9.17) is 0 Å². The fourth-order valence-electron chi connectivity index (χ4n) is 0.719. The van der Waals surface area contributed by atoms with E-state index >= 15 is 0 Å². The van der Waals surface area contributed by atoms with E-state index in [1.165, 1.54) is 11.8 Å². The van der Waals surface area contributed by atoms with Crippen LogP contribution in [0.5, 0.6) is 0 Å². The van der Waals surface area contributed by atoms with Crippen LogP contribution in [-0.4, -0.2) is 22.4 Å². The minimum atomic E-state index is -0.302. The molecule has 0 aromatic carbocycles. The van der Waals surface area contributed by atoms with Gasteiger partial charge in [0.1, 0.15) is 0 Å². The summed E-state index contributed by atoms with van der Waals surface area (Å²) >= 11 is 1.41. The van der Waals surface area contributed by atoms with Crippen molar-refractivity contribution in [3.8, 4) is 0 Å². The van der Waals surface area contributed by atoms with Gasteiger partial charge in [-0.3, -0.25) is 4.39 Å². The molecule has 2 nitrogen and oxygen atoms in total. The highest BCUT2D eigenvalue weighted by molar-refractivity contribution is 7.99. The topological polar surface area (TPSA) is 28.7 Å². The molecule has 4 heteroatoms. The number of hydrogen-bond acceptors (Lipinski definition) is 2. The number of nitrogens with zero attached hydrogens (tertiary/aromatic N) is 1. The number of aromatic amines is 1. The lowest BCUT2D eigenvalue weighted by Gasteiger charge is -1.89. The first-order valence-electron chi connectivity index (χ1n) is 3.46. The highest BCUT2D eigenvalue weighted by Gasteiger charge is 2.01. The first-order valence-corrected chi connectivity index (χ1v) is 4.44. The van der Waals surface area contributed by atoms with Crippen LogP contribution < -0.4 is 0 Å². The van der Waals surface area contributed by atoms with E-state index in [0.29, 0.717) is 5.75 Å². The lowest BCUT2D eigenvalue weighted by atomic mass is 10.4. The van der Waals surface area contributed by atoms with E-state index in [1.54, 1.807) is 0 Å². The summed E-state index contributed by atoms with van der Waals surface area (Å²) < 4.78 is 11.7. The molecule has 0 spiro atoms. The van der Waals surface area contributed by atoms with Crippen LogP contribution >= 0.6 is 11.8 Å². The normalized spacial score (nSPS) is 10.5. The Kier molecular flexibility index (Phi) is 2.93. The summed E-state index contributed by atoms with van der Waals surface area (Å²) in [5.74, 6) is 0.479. The molecule has 0 aliphatic carbocycles. The number of aryl methyl sites for hydroxylation is 2. The Morgan fingerprint density at radius 1 is 1.55 bits per heavy atom. The molecule has 0 saturated heterocycles. The maximum Gasteiger partial charge on any atom is 0.165 e. The minimum absolute atomic E-state index is 0.302. The molecule has 0 bridgehead atoms. The fraction of sp³-hybridized carbons (Fsp3) is 0.571. The van der Waals surface area contributed by atoms with Gasteiger partial charge in [0.05, 0.1) is 12.4 Å². The van der Waals surface area contributed by atoms with Crippen LogP contribution in [-0.2, 0) is 0 Å². The number of halogens is 1. The van der Waals surface area contributed by atoms with Crippen molar-refractivity contribution in [3.63, 3.8) is 0 Å². The van der Waals surface area contributed by atoms with Gasteiger partial charge in [0.2, 0.25) is 0 Å². The van der Waals surface area contributed by atoms with E-state index < -0.39 is 0 Å². The van der Waals surface area contributed by atoms with Crippen molar-refractivity contribution in [2.24, 2.45) is 0 Å². The van der Waals surface area contributed by atoms with Crippen molar-refractivity contribution in [1.29, 1.82) is 0 Å². The Balaban J connectivity index is 2.58. The molecule has 0 fully saturated rings. The summed E-state index contributed by atoms with van der Waals surface area (Å²) in [6.45, 7) is 3.59. The SMILES string of the molecule is Cc1nc(SCCF)[nH]c1C. The number of hydrogen-bond donors (Lipinski definition) is 1. The third-order valence-electron chi connectivity index (χ3n) is 1.42. The molecule has 1 heterocycles. The zero-order valence-corrected chi connectivity index (χ0v) is 7.46. The molecule has 11 heavy (non-hydrogen) atoms. The van der Waals surface area contributed by atoms with Gasteiger partial charge in [-0.15, -0.1) is 0 Å². The molecular formula is C7H11FN2S. The van der Waals surface area contributed by atoms with Crippen molar-refractivity contribution in [2.75, 3.05) is 12.4 Å². The van der Waals surface area contributed by atoms with Gasteiger partial charge in [0.25, 0.3) is 0 Å². The number of rotatable bonds is 3. The van der Waals surface area contributed by atoms with Crippen molar-refractivity contribution in [2.45, 2.75) is 19.0 Å². The van der Waals surface area contributed by atoms with E-state index in [0.717, 1.165) is 16.5 Å². The molecule has 1 N–H and O–H groups in total. The second kappa shape index (κ2) is 3.76. The number of alkyl halides is 1. The molecular weight excluding hydrogens is 163 g/mol. The summed E-state index contributed by atoms with van der Waals surface area (Å²) in [5.41, 5.74) is 2.05. The van der Waals surface area contributed by atoms with Crippen LogP contribution in [0.2, 0.25) is 0 Å². The predicted molar refractivity (Wildman–Crippen MR) is 44.8 cm³/mol. The molecule has 1 aromatic rings. The third-order valence-corrected chi connectivity index (χ3v) is 2.25. The zero-order chi connectivity index (χ0) is 8.27. The average Bonchev–Trinajstić information content (AvgIpc) is 2.28. The van der Waals surface area contributed by atoms with Crippen LogP contribution in [0.15, 0.2) is 5.16 Å². The first kappa shape index (κ1) is 8.59. The molecule has 0 atom stereocenters. The highest BCUT2D eigenvalue weighted by atomic mass is 32.2. The van der Waals surface area contributed by atoms with Gasteiger partial charge < -0.3 is 4.98 Å². The Bertz CT molecular complexity index is 215. The summed E-state index contributed by atoms with van der Waals surface area (Å²) in [5, 5.41) is 0.817. The monoisotopic (exact) mass is 174 g/mol. The fourth-order valence-corrected chi connectivity index (χ4v) is 1.42. The largest absolute Gasteiger partial charge is 0.337 e. The van der Waals surface area contributed by atoms with E-state index in [2.05, 4.69) is 9.97 Å². The number of nitrogens with one attached hydrogen (secondary N) is 1. The number of imidazole rings is 1. The lowest BCUT2D eigenvalue weighted by Crippen LogP contribution is -1.81. The van der Waals surface area contributed by atoms with Crippen LogP contribution in [0.1, 0.15) is 11.4 Å². The standard InChI is InChI=1S/C7H11FN2S/c1-5-6(2)10-7(9-5)11-4-3-8/h3-4H2,1-2H3,(H,9,10).